The molecule has 23 heavy (non-hydrogen) atoms. The summed E-state index contributed by atoms with van der Waals surface area (Å²) in [6.45, 7) is 0. The van der Waals surface area contributed by atoms with Gasteiger partial charge in [0, 0.05) is 6.42 Å². The van der Waals surface area contributed by atoms with E-state index in [4.69, 9.17) is 9.47 Å². The quantitative estimate of drug-likeness (QED) is 0.626. The van der Waals surface area contributed by atoms with Crippen LogP contribution in [0.3, 0.4) is 0 Å². The average Bonchev–Trinajstić information content (AvgIpc) is 2.94. The van der Waals surface area contributed by atoms with Gasteiger partial charge in [0.05, 0.1) is 7.11 Å². The normalized spacial score (nSPS) is 15.4. The molecule has 0 amide bonds. The first-order valence-electron chi connectivity index (χ1n) is 7.44. The van der Waals surface area contributed by atoms with Gasteiger partial charge in [-0.3, -0.25) is 0 Å². The Morgan fingerprint density at radius 2 is 1.78 bits per heavy atom. The molecule has 0 N–H and O–H groups in total. The Morgan fingerprint density at radius 1 is 1.04 bits per heavy atom. The molecular weight excluding hydrogens is 290 g/mol. The van der Waals surface area contributed by atoms with Crippen LogP contribution in [0.1, 0.15) is 17.5 Å². The lowest BCUT2D eigenvalue weighted by molar-refractivity contribution is -0.130. The summed E-state index contributed by atoms with van der Waals surface area (Å²) in [5.74, 6) is 0.879. The van der Waals surface area contributed by atoms with Gasteiger partial charge in [-0.1, -0.05) is 48.5 Å². The molecule has 4 nitrogen and oxygen atoms in total. The van der Waals surface area contributed by atoms with Gasteiger partial charge >= 0.3 is 5.97 Å². The number of rotatable bonds is 5. The van der Waals surface area contributed by atoms with Crippen LogP contribution in [-0.2, 0) is 16.0 Å². The molecule has 0 unspecified atom stereocenters. The number of aliphatic imine (C=N–C) groups is 1. The molecule has 2 aromatic rings. The van der Waals surface area contributed by atoms with Crippen LogP contribution in [0.5, 0.6) is 5.75 Å². The third-order valence-corrected chi connectivity index (χ3v) is 3.57. The van der Waals surface area contributed by atoms with E-state index >= 15 is 0 Å². The van der Waals surface area contributed by atoms with Gasteiger partial charge in [-0.25, -0.2) is 9.79 Å². The molecule has 3 rings (SSSR count). The van der Waals surface area contributed by atoms with E-state index in [1.54, 1.807) is 13.2 Å². The fourth-order valence-electron chi connectivity index (χ4n) is 2.42. The first-order valence-corrected chi connectivity index (χ1v) is 7.44. The van der Waals surface area contributed by atoms with Crippen molar-refractivity contribution in [3.63, 3.8) is 0 Å². The minimum absolute atomic E-state index is 0.339. The number of carbonyl (C=O) groups is 1. The molecular formula is C19H17NO3. The Labute approximate surface area is 135 Å². The van der Waals surface area contributed by atoms with E-state index in [0.717, 1.165) is 16.9 Å². The van der Waals surface area contributed by atoms with Crippen molar-refractivity contribution in [1.82, 2.24) is 0 Å². The first kappa shape index (κ1) is 15.0. The van der Waals surface area contributed by atoms with Crippen LogP contribution >= 0.6 is 0 Å². The van der Waals surface area contributed by atoms with Gasteiger partial charge in [-0.05, 0) is 29.7 Å². The second-order valence-corrected chi connectivity index (χ2v) is 5.15. The molecule has 2 aromatic carbocycles. The summed E-state index contributed by atoms with van der Waals surface area (Å²) in [7, 11) is 1.65. The van der Waals surface area contributed by atoms with Crippen LogP contribution < -0.4 is 4.74 Å². The predicted octanol–water partition coefficient (Wildman–Crippen LogP) is 3.62. The minimum atomic E-state index is -0.399. The summed E-state index contributed by atoms with van der Waals surface area (Å²) in [4.78, 5) is 16.2. The van der Waals surface area contributed by atoms with Gasteiger partial charge in [0.15, 0.2) is 11.6 Å². The number of ether oxygens (including phenoxy) is 2. The maximum Gasteiger partial charge on any atom is 0.363 e. The molecule has 0 aliphatic carbocycles. The Morgan fingerprint density at radius 3 is 2.57 bits per heavy atom. The highest BCUT2D eigenvalue weighted by molar-refractivity contribution is 6.07. The van der Waals surface area contributed by atoms with E-state index in [9.17, 15) is 4.79 Å². The number of esters is 1. The third kappa shape index (κ3) is 3.66. The van der Waals surface area contributed by atoms with Gasteiger partial charge in [-0.2, -0.15) is 0 Å². The van der Waals surface area contributed by atoms with Crippen molar-refractivity contribution in [3.05, 3.63) is 71.4 Å². The molecule has 116 valence electrons. The molecule has 0 saturated heterocycles. The van der Waals surface area contributed by atoms with Crippen molar-refractivity contribution < 1.29 is 14.3 Å². The number of aryl methyl sites for hydroxylation is 1. The zero-order valence-electron chi connectivity index (χ0n) is 12.9. The lowest BCUT2D eigenvalue weighted by Crippen LogP contribution is -2.05. The third-order valence-electron chi connectivity index (χ3n) is 3.57. The molecule has 0 aromatic heterocycles. The van der Waals surface area contributed by atoms with Crippen molar-refractivity contribution in [2.45, 2.75) is 12.8 Å². The first-order chi connectivity index (χ1) is 11.3. The minimum Gasteiger partial charge on any atom is -0.496 e. The lowest BCUT2D eigenvalue weighted by atomic mass is 10.1. The van der Waals surface area contributed by atoms with Crippen LogP contribution in [0.15, 0.2) is 65.3 Å². The summed E-state index contributed by atoms with van der Waals surface area (Å²) in [6.07, 6.45) is 2.99. The van der Waals surface area contributed by atoms with Crippen molar-refractivity contribution >= 4 is 17.9 Å². The van der Waals surface area contributed by atoms with E-state index in [-0.39, 0.29) is 0 Å². The molecule has 0 bridgehead atoms. The molecule has 1 aliphatic rings. The molecule has 0 radical (unpaired) electrons. The average molecular weight is 307 g/mol. The monoisotopic (exact) mass is 307 g/mol. The fraction of sp³-hybridized carbons (Fsp3) is 0.158. The highest BCUT2D eigenvalue weighted by atomic mass is 16.6. The van der Waals surface area contributed by atoms with Crippen LogP contribution in [0.4, 0.5) is 0 Å². The molecule has 4 heteroatoms. The Bertz CT molecular complexity index is 763. The zero-order valence-corrected chi connectivity index (χ0v) is 12.9. The maximum atomic E-state index is 11.9. The summed E-state index contributed by atoms with van der Waals surface area (Å²) in [6, 6.07) is 17.4. The van der Waals surface area contributed by atoms with Gasteiger partial charge in [0.25, 0.3) is 0 Å². The Hall–Kier alpha value is -2.88. The molecule has 1 aliphatic heterocycles. The number of hydrogen-bond donors (Lipinski definition) is 0. The summed E-state index contributed by atoms with van der Waals surface area (Å²) in [5, 5.41) is 0. The lowest BCUT2D eigenvalue weighted by Gasteiger charge is -2.07. The molecule has 0 atom stereocenters. The smallest absolute Gasteiger partial charge is 0.363 e. The Balaban J connectivity index is 1.71. The molecule has 0 fully saturated rings. The topological polar surface area (TPSA) is 47.9 Å². The van der Waals surface area contributed by atoms with E-state index in [1.807, 2.05) is 54.6 Å². The van der Waals surface area contributed by atoms with Crippen LogP contribution in [0, 0.1) is 0 Å². The second-order valence-electron chi connectivity index (χ2n) is 5.15. The van der Waals surface area contributed by atoms with Crippen LogP contribution in [-0.4, -0.2) is 19.0 Å². The molecule has 0 spiro atoms. The van der Waals surface area contributed by atoms with E-state index in [2.05, 4.69) is 4.99 Å². The summed E-state index contributed by atoms with van der Waals surface area (Å²) in [5.41, 5.74) is 2.33. The van der Waals surface area contributed by atoms with E-state index < -0.39 is 5.97 Å². The summed E-state index contributed by atoms with van der Waals surface area (Å²) >= 11 is 0. The number of carbonyl (C=O) groups excluding carboxylic acids is 1. The highest BCUT2D eigenvalue weighted by Gasteiger charge is 2.22. The molecule has 0 saturated carbocycles. The van der Waals surface area contributed by atoms with Gasteiger partial charge in [0.2, 0.25) is 0 Å². The maximum absolute atomic E-state index is 11.9. The number of benzene rings is 2. The zero-order chi connectivity index (χ0) is 16.1. The van der Waals surface area contributed by atoms with Gasteiger partial charge in [0.1, 0.15) is 5.75 Å². The number of methoxy groups -OCH3 is 1. The summed E-state index contributed by atoms with van der Waals surface area (Å²) < 4.78 is 10.6. The van der Waals surface area contributed by atoms with Crippen molar-refractivity contribution in [3.8, 4) is 5.75 Å². The van der Waals surface area contributed by atoms with Crippen molar-refractivity contribution in [1.29, 1.82) is 0 Å². The number of para-hydroxylation sites is 1. The fourth-order valence-corrected chi connectivity index (χ4v) is 2.42. The van der Waals surface area contributed by atoms with Crippen LogP contribution in [0.2, 0.25) is 0 Å². The number of cyclic esters (lactones) is 1. The van der Waals surface area contributed by atoms with Crippen molar-refractivity contribution in [2.75, 3.05) is 7.11 Å². The number of nitrogens with zero attached hydrogens (tertiary/aromatic N) is 1. The van der Waals surface area contributed by atoms with E-state index in [0.29, 0.717) is 24.4 Å². The van der Waals surface area contributed by atoms with Crippen LogP contribution in [0.25, 0.3) is 6.08 Å². The highest BCUT2D eigenvalue weighted by Crippen LogP contribution is 2.22. The SMILES string of the molecule is COc1ccccc1CCC1=N/C(=C/c2ccccc2)C(=O)O1. The number of hydrogen-bond acceptors (Lipinski definition) is 4. The predicted molar refractivity (Wildman–Crippen MR) is 89.3 cm³/mol. The van der Waals surface area contributed by atoms with E-state index in [1.165, 1.54) is 0 Å². The second kappa shape index (κ2) is 6.92. The Kier molecular flexibility index (Phi) is 4.52. The largest absolute Gasteiger partial charge is 0.496 e. The van der Waals surface area contributed by atoms with Crippen molar-refractivity contribution in [2.24, 2.45) is 4.99 Å². The standard InChI is InChI=1S/C19H17NO3/c1-22-17-10-6-5-9-15(17)11-12-18-20-16(19(21)23-18)13-14-7-3-2-4-8-14/h2-10,13H,11-12H2,1H3/b16-13+. The van der Waals surface area contributed by atoms with Gasteiger partial charge in [-0.15, -0.1) is 0 Å². The van der Waals surface area contributed by atoms with Gasteiger partial charge < -0.3 is 9.47 Å². The molecule has 1 heterocycles.